The Labute approximate surface area is 150 Å². The maximum atomic E-state index is 12.8. The lowest BCUT2D eigenvalue weighted by Gasteiger charge is -2.43. The minimum atomic E-state index is -0.156. The van der Waals surface area contributed by atoms with Gasteiger partial charge in [0.15, 0.2) is 0 Å². The summed E-state index contributed by atoms with van der Waals surface area (Å²) in [5.41, 5.74) is 3.03. The number of nitrogens with zero attached hydrogens (tertiary/aromatic N) is 4. The molecule has 25 heavy (non-hydrogen) atoms. The van der Waals surface area contributed by atoms with E-state index in [4.69, 9.17) is 0 Å². The van der Waals surface area contributed by atoms with E-state index in [0.29, 0.717) is 18.8 Å². The molecular formula is C18H20N4O2S. The minimum Gasteiger partial charge on any atom is -0.339 e. The predicted octanol–water partition coefficient (Wildman–Crippen LogP) is 2.16. The molecule has 1 unspecified atom stereocenters. The molecule has 0 N–H and O–H groups in total. The summed E-state index contributed by atoms with van der Waals surface area (Å²) in [4.78, 5) is 37.3. The molecule has 1 spiro atoms. The maximum Gasteiger partial charge on any atom is 0.273 e. The molecule has 2 aliphatic rings. The summed E-state index contributed by atoms with van der Waals surface area (Å²) < 4.78 is 0. The number of pyridine rings is 1. The van der Waals surface area contributed by atoms with Crippen molar-refractivity contribution in [2.45, 2.75) is 30.7 Å². The van der Waals surface area contributed by atoms with Crippen molar-refractivity contribution in [1.82, 2.24) is 19.8 Å². The second-order valence-corrected chi connectivity index (χ2v) is 7.55. The Balaban J connectivity index is 1.49. The van der Waals surface area contributed by atoms with Crippen molar-refractivity contribution in [3.05, 3.63) is 46.7 Å². The molecule has 6 nitrogen and oxygen atoms in total. The van der Waals surface area contributed by atoms with Gasteiger partial charge in [-0.05, 0) is 30.9 Å². The topological polar surface area (TPSA) is 66.4 Å². The molecule has 2 aliphatic heterocycles. The molecule has 2 aromatic heterocycles. The van der Waals surface area contributed by atoms with Crippen molar-refractivity contribution in [3.63, 3.8) is 0 Å². The molecule has 0 aliphatic carbocycles. The molecule has 2 aromatic rings. The second-order valence-electron chi connectivity index (χ2n) is 6.83. The lowest BCUT2D eigenvalue weighted by Crippen LogP contribution is -2.52. The van der Waals surface area contributed by atoms with Crippen molar-refractivity contribution in [1.29, 1.82) is 0 Å². The van der Waals surface area contributed by atoms with Crippen molar-refractivity contribution in [2.24, 2.45) is 0 Å². The molecule has 4 heterocycles. The molecule has 130 valence electrons. The largest absolute Gasteiger partial charge is 0.339 e. The number of thiazole rings is 1. The highest BCUT2D eigenvalue weighted by atomic mass is 32.1. The number of hydrogen-bond donors (Lipinski definition) is 0. The summed E-state index contributed by atoms with van der Waals surface area (Å²) in [5.74, 6) is 0.0265. The number of hydrogen-bond acceptors (Lipinski definition) is 5. The normalized spacial score (nSPS) is 22.6. The highest BCUT2D eigenvalue weighted by Crippen LogP contribution is 2.44. The van der Waals surface area contributed by atoms with Crippen LogP contribution in [0.2, 0.25) is 0 Å². The number of piperidine rings is 1. The van der Waals surface area contributed by atoms with E-state index in [1.54, 1.807) is 23.3 Å². The van der Waals surface area contributed by atoms with E-state index < -0.39 is 0 Å². The quantitative estimate of drug-likeness (QED) is 0.827. The highest BCUT2D eigenvalue weighted by molar-refractivity contribution is 7.07. The number of amides is 2. The van der Waals surface area contributed by atoms with Crippen LogP contribution in [0.4, 0.5) is 0 Å². The zero-order valence-corrected chi connectivity index (χ0v) is 14.9. The van der Waals surface area contributed by atoms with Crippen LogP contribution in [0.3, 0.4) is 0 Å². The first-order valence-corrected chi connectivity index (χ1v) is 9.40. The van der Waals surface area contributed by atoms with Crippen LogP contribution < -0.4 is 0 Å². The van der Waals surface area contributed by atoms with Gasteiger partial charge in [0.1, 0.15) is 5.69 Å². The number of likely N-dealkylation sites (N-methyl/N-ethyl adjacent to an activating group) is 1. The highest BCUT2D eigenvalue weighted by Gasteiger charge is 2.50. The molecule has 4 rings (SSSR count). The monoisotopic (exact) mass is 356 g/mol. The van der Waals surface area contributed by atoms with Gasteiger partial charge in [-0.3, -0.25) is 14.6 Å². The average molecular weight is 356 g/mol. The third-order valence-corrected chi connectivity index (χ3v) is 6.23. The molecule has 7 heteroatoms. The van der Waals surface area contributed by atoms with Gasteiger partial charge >= 0.3 is 0 Å². The summed E-state index contributed by atoms with van der Waals surface area (Å²) in [6, 6.07) is 3.85. The summed E-state index contributed by atoms with van der Waals surface area (Å²) in [6.07, 6.45) is 5.93. The molecule has 0 bridgehead atoms. The number of likely N-dealkylation sites (tertiary alicyclic amines) is 2. The molecule has 2 amide bonds. The molecular weight excluding hydrogens is 336 g/mol. The van der Waals surface area contributed by atoms with Crippen LogP contribution >= 0.6 is 11.3 Å². The first-order chi connectivity index (χ1) is 12.1. The van der Waals surface area contributed by atoms with Crippen LogP contribution in [-0.2, 0) is 4.79 Å². The lowest BCUT2D eigenvalue weighted by molar-refractivity contribution is -0.131. The smallest absolute Gasteiger partial charge is 0.273 e. The van der Waals surface area contributed by atoms with E-state index in [2.05, 4.69) is 9.97 Å². The maximum absolute atomic E-state index is 12.8. The van der Waals surface area contributed by atoms with E-state index in [1.807, 2.05) is 29.0 Å². The number of aromatic nitrogens is 2. The van der Waals surface area contributed by atoms with Gasteiger partial charge in [-0.1, -0.05) is 6.07 Å². The van der Waals surface area contributed by atoms with E-state index in [9.17, 15) is 9.59 Å². The van der Waals surface area contributed by atoms with Crippen LogP contribution in [0.5, 0.6) is 0 Å². The van der Waals surface area contributed by atoms with Gasteiger partial charge in [-0.2, -0.15) is 0 Å². The zero-order chi connectivity index (χ0) is 17.4. The van der Waals surface area contributed by atoms with Gasteiger partial charge in [0.25, 0.3) is 5.91 Å². The third kappa shape index (κ3) is 2.72. The Kier molecular flexibility index (Phi) is 4.03. The van der Waals surface area contributed by atoms with E-state index in [1.165, 1.54) is 11.3 Å². The first kappa shape index (κ1) is 16.2. The first-order valence-electron chi connectivity index (χ1n) is 8.46. The second kappa shape index (κ2) is 6.22. The van der Waals surface area contributed by atoms with Gasteiger partial charge < -0.3 is 9.80 Å². The molecule has 2 saturated heterocycles. The third-order valence-electron chi connectivity index (χ3n) is 5.64. The van der Waals surface area contributed by atoms with Gasteiger partial charge in [-0.25, -0.2) is 4.98 Å². The van der Waals surface area contributed by atoms with E-state index in [0.717, 1.165) is 24.8 Å². The average Bonchev–Trinajstić information content (AvgIpc) is 3.27. The summed E-state index contributed by atoms with van der Waals surface area (Å²) >= 11 is 1.43. The summed E-state index contributed by atoms with van der Waals surface area (Å²) in [7, 11) is 1.90. The Morgan fingerprint density at radius 1 is 1.36 bits per heavy atom. The number of carbonyl (C=O) groups is 2. The van der Waals surface area contributed by atoms with Crippen LogP contribution in [0.25, 0.3) is 0 Å². The zero-order valence-electron chi connectivity index (χ0n) is 14.1. The van der Waals surface area contributed by atoms with E-state index >= 15 is 0 Å². The van der Waals surface area contributed by atoms with Crippen LogP contribution in [0.1, 0.15) is 41.2 Å². The Morgan fingerprint density at radius 2 is 2.16 bits per heavy atom. The lowest BCUT2D eigenvalue weighted by atomic mass is 9.81. The van der Waals surface area contributed by atoms with Gasteiger partial charge in [0.2, 0.25) is 5.91 Å². The van der Waals surface area contributed by atoms with E-state index in [-0.39, 0.29) is 23.3 Å². The summed E-state index contributed by atoms with van der Waals surface area (Å²) in [6.45, 7) is 1.32. The number of carbonyl (C=O) groups excluding carboxylic acids is 2. The Hall–Kier alpha value is -2.28. The van der Waals surface area contributed by atoms with Crippen LogP contribution in [0.15, 0.2) is 35.4 Å². The fraction of sp³-hybridized carbons (Fsp3) is 0.444. The van der Waals surface area contributed by atoms with Crippen molar-refractivity contribution >= 4 is 23.2 Å². The number of rotatable bonds is 2. The predicted molar refractivity (Wildman–Crippen MR) is 94.3 cm³/mol. The van der Waals surface area contributed by atoms with Crippen molar-refractivity contribution in [3.8, 4) is 0 Å². The van der Waals surface area contributed by atoms with Crippen molar-refractivity contribution in [2.75, 3.05) is 20.1 Å². The Morgan fingerprint density at radius 3 is 2.80 bits per heavy atom. The standard InChI is InChI=1S/C18H20N4O2S/c1-21-16(23)14(13-3-2-6-19-10-13)9-18(21)4-7-22(8-5-18)17(24)15-11-25-12-20-15/h2-3,6,10-12,14H,4-5,7-9H2,1H3. The van der Waals surface area contributed by atoms with Gasteiger partial charge in [0, 0.05) is 43.4 Å². The Bertz CT molecular complexity index is 770. The SMILES string of the molecule is CN1C(=O)C(c2cccnc2)CC12CCN(C(=O)c1cscn1)CC2. The van der Waals surface area contributed by atoms with Crippen LogP contribution in [-0.4, -0.2) is 57.3 Å². The summed E-state index contributed by atoms with van der Waals surface area (Å²) in [5, 5.41) is 1.79. The minimum absolute atomic E-state index is 0.00751. The van der Waals surface area contributed by atoms with Gasteiger partial charge in [-0.15, -0.1) is 11.3 Å². The molecule has 0 radical (unpaired) electrons. The molecule has 0 aromatic carbocycles. The van der Waals surface area contributed by atoms with Gasteiger partial charge in [0.05, 0.1) is 11.4 Å². The van der Waals surface area contributed by atoms with Crippen molar-refractivity contribution < 1.29 is 9.59 Å². The fourth-order valence-electron chi connectivity index (χ4n) is 4.06. The fourth-order valence-corrected chi connectivity index (χ4v) is 4.59. The molecule has 0 saturated carbocycles. The molecule has 2 fully saturated rings. The molecule has 1 atom stereocenters. The van der Waals surface area contributed by atoms with Crippen LogP contribution in [0, 0.1) is 0 Å².